The molecule has 0 spiro atoms. The van der Waals surface area contributed by atoms with Gasteiger partial charge in [-0.1, -0.05) is 0 Å². The number of hydrogen-bond acceptors (Lipinski definition) is 8. The van der Waals surface area contributed by atoms with Gasteiger partial charge in [0, 0.05) is 24.5 Å². The normalized spacial score (nSPS) is 15.5. The number of benzene rings is 2. The highest BCUT2D eigenvalue weighted by Crippen LogP contribution is 2.41. The topological polar surface area (TPSA) is 145 Å². The van der Waals surface area contributed by atoms with E-state index in [-0.39, 0.29) is 57.6 Å². The lowest BCUT2D eigenvalue weighted by molar-refractivity contribution is -0.119. The van der Waals surface area contributed by atoms with Gasteiger partial charge < -0.3 is 31.5 Å². The third-order valence-corrected chi connectivity index (χ3v) is 5.70. The van der Waals surface area contributed by atoms with Crippen LogP contribution in [0.1, 0.15) is 44.7 Å². The van der Waals surface area contributed by atoms with Crippen molar-refractivity contribution in [2.75, 3.05) is 43.8 Å². The Morgan fingerprint density at radius 3 is 2.26 bits per heavy atom. The maximum atomic E-state index is 13.1. The van der Waals surface area contributed by atoms with Gasteiger partial charge in [0.25, 0.3) is 0 Å². The van der Waals surface area contributed by atoms with Crippen LogP contribution in [0.4, 0.5) is 11.4 Å². The molecule has 4 rings (SSSR count). The van der Waals surface area contributed by atoms with E-state index < -0.39 is 11.6 Å². The number of nitrogens with zero attached hydrogens (tertiary/aromatic N) is 1. The van der Waals surface area contributed by atoms with Crippen LogP contribution in [0.3, 0.4) is 0 Å². The summed E-state index contributed by atoms with van der Waals surface area (Å²) in [5.41, 5.74) is 5.47. The molecule has 0 bridgehead atoms. The highest BCUT2D eigenvalue weighted by Gasteiger charge is 2.37. The van der Waals surface area contributed by atoms with Gasteiger partial charge in [-0.3, -0.25) is 14.4 Å². The van der Waals surface area contributed by atoms with E-state index in [9.17, 15) is 24.6 Å². The monoisotopic (exact) mass is 424 g/mol. The van der Waals surface area contributed by atoms with E-state index in [4.69, 9.17) is 5.73 Å². The van der Waals surface area contributed by atoms with E-state index in [1.807, 2.05) is 0 Å². The van der Waals surface area contributed by atoms with Gasteiger partial charge in [0.15, 0.2) is 0 Å². The summed E-state index contributed by atoms with van der Waals surface area (Å²) < 4.78 is 0. The zero-order valence-electron chi connectivity index (χ0n) is 16.9. The van der Waals surface area contributed by atoms with Crippen LogP contribution in [0.2, 0.25) is 0 Å². The Kier molecular flexibility index (Phi) is 5.51. The van der Waals surface area contributed by atoms with Gasteiger partial charge in [0.1, 0.15) is 11.5 Å². The van der Waals surface area contributed by atoms with Gasteiger partial charge in [-0.25, -0.2) is 0 Å². The molecule has 2 aliphatic rings. The summed E-state index contributed by atoms with van der Waals surface area (Å²) in [4.78, 5) is 40.6. The molecule has 2 aromatic rings. The molecule has 6 N–H and O–H groups in total. The summed E-state index contributed by atoms with van der Waals surface area (Å²) in [5.74, 6) is -2.32. The predicted octanol–water partition coefficient (Wildman–Crippen LogP) is 1.08. The number of anilines is 2. The maximum Gasteiger partial charge on any atom is 0.239 e. The van der Waals surface area contributed by atoms with Crippen molar-refractivity contribution >= 4 is 28.8 Å². The molecule has 0 aromatic heterocycles. The first-order valence-electron chi connectivity index (χ1n) is 10.2. The number of aromatic hydroxyl groups is 2. The van der Waals surface area contributed by atoms with Crippen LogP contribution in [0.15, 0.2) is 24.3 Å². The molecular formula is C22H24N4O5. The Morgan fingerprint density at radius 2 is 1.55 bits per heavy atom. The number of nitrogen functional groups attached to an aromatic ring is 1. The van der Waals surface area contributed by atoms with Crippen molar-refractivity contribution in [1.29, 1.82) is 0 Å². The smallest absolute Gasteiger partial charge is 0.239 e. The Bertz CT molecular complexity index is 1080. The molecule has 1 heterocycles. The van der Waals surface area contributed by atoms with Gasteiger partial charge in [-0.15, -0.1) is 0 Å². The molecule has 9 heteroatoms. The number of carbonyl (C=O) groups excluding carboxylic acids is 3. The molecule has 162 valence electrons. The number of phenolic OH excluding ortho intramolecular Hbond substituents is 2. The minimum atomic E-state index is -0.658. The molecule has 0 saturated carbocycles. The number of hydrogen-bond donors (Lipinski definition) is 5. The minimum Gasteiger partial charge on any atom is -0.507 e. The Hall–Kier alpha value is -3.59. The fraction of sp³-hybridized carbons (Fsp3) is 0.318. The first-order chi connectivity index (χ1) is 14.9. The second-order valence-electron chi connectivity index (χ2n) is 7.72. The lowest BCUT2D eigenvalue weighted by atomic mass is 9.81. The van der Waals surface area contributed by atoms with Crippen LogP contribution in [0, 0.1) is 0 Å². The lowest BCUT2D eigenvalue weighted by Gasteiger charge is -2.23. The zero-order valence-corrected chi connectivity index (χ0v) is 16.9. The van der Waals surface area contributed by atoms with Crippen LogP contribution in [-0.4, -0.2) is 65.3 Å². The molecule has 1 aliphatic heterocycles. The van der Waals surface area contributed by atoms with E-state index in [2.05, 4.69) is 15.5 Å². The zero-order chi connectivity index (χ0) is 22.1. The molecule has 0 unspecified atom stereocenters. The third kappa shape index (κ3) is 3.79. The summed E-state index contributed by atoms with van der Waals surface area (Å²) in [7, 11) is 0. The van der Waals surface area contributed by atoms with Crippen molar-refractivity contribution in [3.05, 3.63) is 46.5 Å². The number of ketones is 2. The SMILES string of the molecule is Nc1ccc(O)c2c1C(=O)c1c(O)ccc(NCC(=O)NCCN3CCCC3)c1C2=O. The van der Waals surface area contributed by atoms with E-state index in [1.54, 1.807) is 0 Å². The van der Waals surface area contributed by atoms with Crippen LogP contribution in [0.25, 0.3) is 0 Å². The number of rotatable bonds is 6. The summed E-state index contributed by atoms with van der Waals surface area (Å²) in [6, 6.07) is 5.27. The Balaban J connectivity index is 1.53. The number of likely N-dealkylation sites (tertiary alicyclic amines) is 1. The van der Waals surface area contributed by atoms with Crippen molar-refractivity contribution in [2.45, 2.75) is 12.8 Å². The van der Waals surface area contributed by atoms with Crippen molar-refractivity contribution < 1.29 is 24.6 Å². The Labute approximate surface area is 178 Å². The highest BCUT2D eigenvalue weighted by molar-refractivity contribution is 6.33. The number of phenols is 2. The van der Waals surface area contributed by atoms with Gasteiger partial charge in [-0.2, -0.15) is 0 Å². The number of carbonyl (C=O) groups is 3. The largest absolute Gasteiger partial charge is 0.507 e. The summed E-state index contributed by atoms with van der Waals surface area (Å²) in [6.45, 7) is 3.27. The first-order valence-corrected chi connectivity index (χ1v) is 10.2. The molecule has 31 heavy (non-hydrogen) atoms. The van der Waals surface area contributed by atoms with E-state index in [0.29, 0.717) is 6.54 Å². The van der Waals surface area contributed by atoms with Crippen LogP contribution < -0.4 is 16.4 Å². The Morgan fingerprint density at radius 1 is 0.935 bits per heavy atom. The van der Waals surface area contributed by atoms with Crippen LogP contribution in [0.5, 0.6) is 11.5 Å². The molecule has 1 saturated heterocycles. The number of amides is 1. The van der Waals surface area contributed by atoms with Crippen molar-refractivity contribution in [3.8, 4) is 11.5 Å². The third-order valence-electron chi connectivity index (χ3n) is 5.70. The molecule has 0 atom stereocenters. The maximum absolute atomic E-state index is 13.1. The molecule has 2 aromatic carbocycles. The number of nitrogens with two attached hydrogens (primary N) is 1. The standard InChI is InChI=1S/C22H24N4O5/c23-12-3-5-14(27)19-17(12)21(30)20-15(28)6-4-13(18(20)22(19)31)25-11-16(29)24-7-10-26-8-1-2-9-26/h3-6,25,27-28H,1-2,7-11,23H2,(H,24,29). The average Bonchev–Trinajstić information content (AvgIpc) is 3.26. The van der Waals surface area contributed by atoms with Crippen molar-refractivity contribution in [3.63, 3.8) is 0 Å². The fourth-order valence-electron chi connectivity index (χ4n) is 4.13. The summed E-state index contributed by atoms with van der Waals surface area (Å²) in [6.07, 6.45) is 2.36. The minimum absolute atomic E-state index is 0.0342. The van der Waals surface area contributed by atoms with Gasteiger partial charge in [0.05, 0.1) is 28.8 Å². The van der Waals surface area contributed by atoms with Crippen molar-refractivity contribution in [1.82, 2.24) is 10.2 Å². The molecule has 1 aliphatic carbocycles. The van der Waals surface area contributed by atoms with Crippen molar-refractivity contribution in [2.24, 2.45) is 0 Å². The summed E-state index contributed by atoms with van der Waals surface area (Å²) in [5, 5.41) is 26.1. The van der Waals surface area contributed by atoms with Crippen LogP contribution >= 0.6 is 0 Å². The van der Waals surface area contributed by atoms with E-state index in [1.165, 1.54) is 37.1 Å². The average molecular weight is 424 g/mol. The lowest BCUT2D eigenvalue weighted by Crippen LogP contribution is -2.36. The fourth-order valence-corrected chi connectivity index (χ4v) is 4.13. The molecule has 1 amide bonds. The van der Waals surface area contributed by atoms with Gasteiger partial charge in [0.2, 0.25) is 17.5 Å². The first kappa shape index (κ1) is 20.7. The van der Waals surface area contributed by atoms with E-state index >= 15 is 0 Å². The van der Waals surface area contributed by atoms with E-state index in [0.717, 1.165) is 19.6 Å². The second kappa shape index (κ2) is 8.27. The van der Waals surface area contributed by atoms with Crippen LogP contribution in [-0.2, 0) is 4.79 Å². The molecule has 0 radical (unpaired) electrons. The molecule has 9 nitrogen and oxygen atoms in total. The predicted molar refractivity (Wildman–Crippen MR) is 115 cm³/mol. The number of fused-ring (bicyclic) bond motifs is 2. The van der Waals surface area contributed by atoms with Gasteiger partial charge in [-0.05, 0) is 50.2 Å². The number of nitrogens with one attached hydrogen (secondary N) is 2. The molecule has 1 fully saturated rings. The highest BCUT2D eigenvalue weighted by atomic mass is 16.3. The molecular weight excluding hydrogens is 400 g/mol. The quantitative estimate of drug-likeness (QED) is 0.292. The second-order valence-corrected chi connectivity index (χ2v) is 7.72. The summed E-state index contributed by atoms with van der Waals surface area (Å²) >= 11 is 0. The van der Waals surface area contributed by atoms with Gasteiger partial charge >= 0.3 is 0 Å².